The van der Waals surface area contributed by atoms with Crippen LogP contribution >= 0.6 is 0 Å². The Labute approximate surface area is 120 Å². The fourth-order valence-electron chi connectivity index (χ4n) is 3.29. The van der Waals surface area contributed by atoms with Crippen LogP contribution in [0.1, 0.15) is 31.7 Å². The first kappa shape index (κ1) is 13.3. The zero-order chi connectivity index (χ0) is 13.9. The third-order valence-corrected chi connectivity index (χ3v) is 4.34. The summed E-state index contributed by atoms with van der Waals surface area (Å²) in [5, 5.41) is 2.59. The van der Waals surface area contributed by atoms with E-state index in [1.54, 1.807) is 6.92 Å². The highest BCUT2D eigenvalue weighted by molar-refractivity contribution is 5.86. The molecule has 104 valence electrons. The van der Waals surface area contributed by atoms with Gasteiger partial charge in [-0.2, -0.15) is 0 Å². The third-order valence-electron chi connectivity index (χ3n) is 4.34. The van der Waals surface area contributed by atoms with E-state index in [9.17, 15) is 4.79 Å². The Morgan fingerprint density at radius 1 is 1.15 bits per heavy atom. The lowest BCUT2D eigenvalue weighted by molar-refractivity contribution is -0.123. The zero-order valence-corrected chi connectivity index (χ0v) is 12.0. The van der Waals surface area contributed by atoms with Gasteiger partial charge in [0.25, 0.3) is 0 Å². The Balaban J connectivity index is 1.90. The standard InChI is InChI=1S/C18H21NO/c1-14(20)18-11-4-5-12-19(18)13-16-9-6-8-15-7-2-3-10-17(15)16/h2-3,6-10,18H,4-5,11-13H2,1H3. The minimum atomic E-state index is 0.114. The normalized spacial score (nSPS) is 20.1. The van der Waals surface area contributed by atoms with Crippen LogP contribution in [0.2, 0.25) is 0 Å². The van der Waals surface area contributed by atoms with Crippen molar-refractivity contribution in [2.45, 2.75) is 38.8 Å². The van der Waals surface area contributed by atoms with Crippen molar-refractivity contribution < 1.29 is 4.79 Å². The first-order valence-electron chi connectivity index (χ1n) is 7.47. The van der Waals surface area contributed by atoms with Gasteiger partial charge in [0, 0.05) is 6.54 Å². The Hall–Kier alpha value is -1.67. The summed E-state index contributed by atoms with van der Waals surface area (Å²) in [5.74, 6) is 0.310. The number of likely N-dealkylation sites (tertiary alicyclic amines) is 1. The summed E-state index contributed by atoms with van der Waals surface area (Å²) in [6.07, 6.45) is 3.39. The summed E-state index contributed by atoms with van der Waals surface area (Å²) in [4.78, 5) is 14.2. The molecule has 0 aromatic heterocycles. The molecule has 0 aliphatic carbocycles. The highest BCUT2D eigenvalue weighted by atomic mass is 16.1. The summed E-state index contributed by atoms with van der Waals surface area (Å²) in [6, 6.07) is 15.1. The molecule has 1 saturated heterocycles. The number of Topliss-reactive ketones (excluding diaryl/α,β-unsaturated/α-hetero) is 1. The molecule has 1 fully saturated rings. The fourth-order valence-corrected chi connectivity index (χ4v) is 3.29. The van der Waals surface area contributed by atoms with Gasteiger partial charge in [-0.05, 0) is 42.6 Å². The van der Waals surface area contributed by atoms with Crippen LogP contribution in [-0.4, -0.2) is 23.3 Å². The smallest absolute Gasteiger partial charge is 0.146 e. The number of rotatable bonds is 3. The van der Waals surface area contributed by atoms with E-state index in [1.165, 1.54) is 29.2 Å². The lowest BCUT2D eigenvalue weighted by atomic mass is 9.97. The number of ketones is 1. The van der Waals surface area contributed by atoms with Gasteiger partial charge in [0.15, 0.2) is 0 Å². The lowest BCUT2D eigenvalue weighted by Gasteiger charge is -2.34. The second kappa shape index (κ2) is 5.76. The molecule has 2 heteroatoms. The topological polar surface area (TPSA) is 20.3 Å². The van der Waals surface area contributed by atoms with Gasteiger partial charge in [-0.25, -0.2) is 0 Å². The number of benzene rings is 2. The van der Waals surface area contributed by atoms with Crippen LogP contribution in [-0.2, 0) is 11.3 Å². The molecule has 0 amide bonds. The largest absolute Gasteiger partial charge is 0.298 e. The predicted octanol–water partition coefficient (Wildman–Crippen LogP) is 3.78. The van der Waals surface area contributed by atoms with Crippen LogP contribution in [0.15, 0.2) is 42.5 Å². The number of hydrogen-bond acceptors (Lipinski definition) is 2. The third kappa shape index (κ3) is 2.61. The molecular formula is C18H21NO. The van der Waals surface area contributed by atoms with Crippen LogP contribution in [0.25, 0.3) is 10.8 Å². The minimum absolute atomic E-state index is 0.114. The summed E-state index contributed by atoms with van der Waals surface area (Å²) in [5.41, 5.74) is 1.33. The van der Waals surface area contributed by atoms with Crippen molar-refractivity contribution in [3.05, 3.63) is 48.0 Å². The molecule has 0 bridgehead atoms. The van der Waals surface area contributed by atoms with E-state index < -0.39 is 0 Å². The first-order valence-corrected chi connectivity index (χ1v) is 7.47. The highest BCUT2D eigenvalue weighted by Crippen LogP contribution is 2.24. The van der Waals surface area contributed by atoms with Crippen LogP contribution in [0.3, 0.4) is 0 Å². The molecule has 0 N–H and O–H groups in total. The van der Waals surface area contributed by atoms with Crippen molar-refractivity contribution >= 4 is 16.6 Å². The molecule has 2 aromatic carbocycles. The maximum Gasteiger partial charge on any atom is 0.146 e. The molecule has 1 aliphatic heterocycles. The Morgan fingerprint density at radius 3 is 2.80 bits per heavy atom. The molecule has 2 nitrogen and oxygen atoms in total. The molecule has 20 heavy (non-hydrogen) atoms. The molecule has 1 unspecified atom stereocenters. The summed E-state index contributed by atoms with van der Waals surface area (Å²) in [7, 11) is 0. The number of fused-ring (bicyclic) bond motifs is 1. The Bertz CT molecular complexity index is 614. The monoisotopic (exact) mass is 267 g/mol. The summed E-state index contributed by atoms with van der Waals surface area (Å²) < 4.78 is 0. The van der Waals surface area contributed by atoms with E-state index >= 15 is 0 Å². The van der Waals surface area contributed by atoms with Crippen LogP contribution in [0.5, 0.6) is 0 Å². The van der Waals surface area contributed by atoms with Gasteiger partial charge < -0.3 is 0 Å². The van der Waals surface area contributed by atoms with Gasteiger partial charge in [0.1, 0.15) is 5.78 Å². The average molecular weight is 267 g/mol. The maximum absolute atomic E-state index is 11.8. The van der Waals surface area contributed by atoms with E-state index in [-0.39, 0.29) is 6.04 Å². The molecular weight excluding hydrogens is 246 g/mol. The van der Waals surface area contributed by atoms with Crippen LogP contribution in [0, 0.1) is 0 Å². The second-order valence-electron chi connectivity index (χ2n) is 5.73. The zero-order valence-electron chi connectivity index (χ0n) is 12.0. The second-order valence-corrected chi connectivity index (χ2v) is 5.73. The van der Waals surface area contributed by atoms with E-state index in [1.807, 2.05) is 0 Å². The highest BCUT2D eigenvalue weighted by Gasteiger charge is 2.26. The predicted molar refractivity (Wildman–Crippen MR) is 82.7 cm³/mol. The van der Waals surface area contributed by atoms with Crippen LogP contribution < -0.4 is 0 Å². The quantitative estimate of drug-likeness (QED) is 0.843. The van der Waals surface area contributed by atoms with E-state index in [2.05, 4.69) is 47.4 Å². The van der Waals surface area contributed by atoms with Gasteiger partial charge >= 0.3 is 0 Å². The minimum Gasteiger partial charge on any atom is -0.298 e. The number of carbonyl (C=O) groups excluding carboxylic acids is 1. The van der Waals surface area contributed by atoms with Crippen molar-refractivity contribution in [2.75, 3.05) is 6.54 Å². The summed E-state index contributed by atoms with van der Waals surface area (Å²) >= 11 is 0. The van der Waals surface area contributed by atoms with E-state index in [4.69, 9.17) is 0 Å². The van der Waals surface area contributed by atoms with Gasteiger partial charge in [-0.1, -0.05) is 48.9 Å². The molecule has 1 heterocycles. The number of nitrogens with zero attached hydrogens (tertiary/aromatic N) is 1. The van der Waals surface area contributed by atoms with Gasteiger partial charge in [0.05, 0.1) is 6.04 Å². The number of piperidine rings is 1. The molecule has 0 spiro atoms. The van der Waals surface area contributed by atoms with Crippen molar-refractivity contribution in [1.82, 2.24) is 4.90 Å². The molecule has 0 radical (unpaired) electrons. The molecule has 2 aromatic rings. The SMILES string of the molecule is CC(=O)C1CCCCN1Cc1cccc2ccccc12. The number of hydrogen-bond donors (Lipinski definition) is 0. The van der Waals surface area contributed by atoms with E-state index in [0.29, 0.717) is 5.78 Å². The molecule has 3 rings (SSSR count). The first-order chi connectivity index (χ1) is 9.75. The van der Waals surface area contributed by atoms with E-state index in [0.717, 1.165) is 19.5 Å². The maximum atomic E-state index is 11.8. The molecule has 1 aliphatic rings. The molecule has 1 atom stereocenters. The average Bonchev–Trinajstić information content (AvgIpc) is 2.48. The number of carbonyl (C=O) groups is 1. The van der Waals surface area contributed by atoms with Crippen molar-refractivity contribution in [3.8, 4) is 0 Å². The Morgan fingerprint density at radius 2 is 1.95 bits per heavy atom. The van der Waals surface area contributed by atoms with Crippen molar-refractivity contribution in [1.29, 1.82) is 0 Å². The lowest BCUT2D eigenvalue weighted by Crippen LogP contribution is -2.43. The van der Waals surface area contributed by atoms with Crippen molar-refractivity contribution in [3.63, 3.8) is 0 Å². The van der Waals surface area contributed by atoms with Gasteiger partial charge in [-0.3, -0.25) is 9.69 Å². The van der Waals surface area contributed by atoms with Gasteiger partial charge in [-0.15, -0.1) is 0 Å². The van der Waals surface area contributed by atoms with Gasteiger partial charge in [0.2, 0.25) is 0 Å². The molecule has 0 saturated carbocycles. The Kier molecular flexibility index (Phi) is 3.83. The van der Waals surface area contributed by atoms with Crippen molar-refractivity contribution in [2.24, 2.45) is 0 Å². The van der Waals surface area contributed by atoms with Crippen LogP contribution in [0.4, 0.5) is 0 Å². The summed E-state index contributed by atoms with van der Waals surface area (Å²) in [6.45, 7) is 3.64. The fraction of sp³-hybridized carbons (Fsp3) is 0.389.